The van der Waals surface area contributed by atoms with Gasteiger partial charge in [0.2, 0.25) is 0 Å². The molecular weight excluding hydrogens is 448 g/mol. The second kappa shape index (κ2) is 10.4. The molecule has 0 saturated carbocycles. The Morgan fingerprint density at radius 2 is 1.86 bits per heavy atom. The zero-order valence-corrected chi connectivity index (χ0v) is 20.2. The van der Waals surface area contributed by atoms with Crippen molar-refractivity contribution in [3.05, 3.63) is 53.9 Å². The lowest BCUT2D eigenvalue weighted by Gasteiger charge is -2.28. The first-order valence-corrected chi connectivity index (χ1v) is 11.4. The molecule has 0 atom stereocenters. The van der Waals surface area contributed by atoms with E-state index in [1.807, 2.05) is 32.0 Å². The molecule has 3 heterocycles. The van der Waals surface area contributed by atoms with E-state index in [0.29, 0.717) is 41.7 Å². The fraction of sp³-hybridized carbons (Fsp3) is 0.308. The van der Waals surface area contributed by atoms with Crippen molar-refractivity contribution in [2.24, 2.45) is 0 Å². The largest absolute Gasteiger partial charge is 0.497 e. The number of fused-ring (bicyclic) bond motifs is 1. The first-order valence-electron chi connectivity index (χ1n) is 11.4. The lowest BCUT2D eigenvalue weighted by Crippen LogP contribution is -2.39. The van der Waals surface area contributed by atoms with E-state index in [0.717, 1.165) is 29.5 Å². The number of nitrogens with one attached hydrogen (secondary N) is 1. The normalized spacial score (nSPS) is 12.7. The molecule has 0 unspecified atom stereocenters. The van der Waals surface area contributed by atoms with Gasteiger partial charge in [0.25, 0.3) is 0 Å². The fourth-order valence-corrected chi connectivity index (χ4v) is 3.93. The van der Waals surface area contributed by atoms with Crippen LogP contribution in [0, 0.1) is 0 Å². The zero-order valence-electron chi connectivity index (χ0n) is 20.2. The smallest absolute Gasteiger partial charge is 0.328 e. The Hall–Kier alpha value is -4.14. The van der Waals surface area contributed by atoms with Crippen LogP contribution >= 0.6 is 0 Å². The van der Waals surface area contributed by atoms with Crippen molar-refractivity contribution in [1.29, 1.82) is 0 Å². The Bertz CT molecular complexity index is 1220. The van der Waals surface area contributed by atoms with E-state index < -0.39 is 0 Å². The minimum Gasteiger partial charge on any atom is -0.497 e. The van der Waals surface area contributed by atoms with Gasteiger partial charge in [-0.1, -0.05) is 6.07 Å². The van der Waals surface area contributed by atoms with Crippen molar-refractivity contribution in [3.63, 3.8) is 0 Å². The number of aryl methyl sites for hydroxylation is 1. The molecule has 1 N–H and O–H groups in total. The molecule has 35 heavy (non-hydrogen) atoms. The summed E-state index contributed by atoms with van der Waals surface area (Å²) >= 11 is 0. The minimum atomic E-state index is -0.375. The molecular formula is C26H28N4O5. The van der Waals surface area contributed by atoms with Crippen LogP contribution in [0.25, 0.3) is 11.1 Å². The van der Waals surface area contributed by atoms with Crippen LogP contribution in [0.1, 0.15) is 36.3 Å². The molecule has 1 aromatic carbocycles. The number of rotatable bonds is 7. The number of aldehydes is 1. The average Bonchev–Trinajstić information content (AvgIpc) is 2.87. The average molecular weight is 477 g/mol. The number of amides is 2. The first-order chi connectivity index (χ1) is 16.9. The van der Waals surface area contributed by atoms with Gasteiger partial charge in [-0.15, -0.1) is 0 Å². The molecule has 2 amide bonds. The van der Waals surface area contributed by atoms with E-state index in [1.54, 1.807) is 38.6 Å². The van der Waals surface area contributed by atoms with Crippen LogP contribution in [-0.2, 0) is 6.42 Å². The van der Waals surface area contributed by atoms with Crippen LogP contribution in [-0.4, -0.2) is 49.2 Å². The number of hydrogen-bond donors (Lipinski definition) is 1. The van der Waals surface area contributed by atoms with Crippen LogP contribution < -0.4 is 24.4 Å². The van der Waals surface area contributed by atoms with Gasteiger partial charge in [-0.05, 0) is 56.0 Å². The summed E-state index contributed by atoms with van der Waals surface area (Å²) in [6.45, 7) is 4.34. The molecule has 3 aromatic rings. The molecule has 0 radical (unpaired) electrons. The van der Waals surface area contributed by atoms with Gasteiger partial charge in [-0.2, -0.15) is 0 Å². The van der Waals surface area contributed by atoms with Gasteiger partial charge >= 0.3 is 6.03 Å². The number of benzene rings is 1. The molecule has 4 rings (SSSR count). The molecule has 2 aromatic heterocycles. The maximum Gasteiger partial charge on any atom is 0.328 e. The molecule has 0 aliphatic carbocycles. The second-order valence-corrected chi connectivity index (χ2v) is 8.36. The van der Waals surface area contributed by atoms with Crippen LogP contribution in [0.4, 0.5) is 16.4 Å². The summed E-state index contributed by atoms with van der Waals surface area (Å²) in [7, 11) is 3.18. The van der Waals surface area contributed by atoms with Crippen LogP contribution in [0.5, 0.6) is 17.2 Å². The van der Waals surface area contributed by atoms with Gasteiger partial charge in [0, 0.05) is 30.4 Å². The number of hydrogen-bond acceptors (Lipinski definition) is 7. The number of anilines is 2. The Morgan fingerprint density at radius 1 is 1.11 bits per heavy atom. The molecule has 0 saturated heterocycles. The van der Waals surface area contributed by atoms with E-state index in [1.165, 1.54) is 4.90 Å². The molecule has 0 bridgehead atoms. The fourth-order valence-electron chi connectivity index (χ4n) is 3.93. The maximum atomic E-state index is 13.2. The third-order valence-corrected chi connectivity index (χ3v) is 5.55. The van der Waals surface area contributed by atoms with Crippen LogP contribution in [0.3, 0.4) is 0 Å². The van der Waals surface area contributed by atoms with Crippen LogP contribution in [0.15, 0.2) is 42.6 Å². The predicted molar refractivity (Wildman–Crippen MR) is 133 cm³/mol. The van der Waals surface area contributed by atoms with Crippen LogP contribution in [0.2, 0.25) is 0 Å². The number of pyridine rings is 2. The van der Waals surface area contributed by atoms with Gasteiger partial charge < -0.3 is 14.2 Å². The first kappa shape index (κ1) is 24.0. The summed E-state index contributed by atoms with van der Waals surface area (Å²) in [6, 6.07) is 10.3. The summed E-state index contributed by atoms with van der Waals surface area (Å²) in [5.74, 6) is 2.66. The third-order valence-electron chi connectivity index (χ3n) is 5.55. The number of urea groups is 1. The van der Waals surface area contributed by atoms with Crippen molar-refractivity contribution in [2.75, 3.05) is 31.0 Å². The highest BCUT2D eigenvalue weighted by atomic mass is 16.5. The highest BCUT2D eigenvalue weighted by Gasteiger charge is 2.25. The predicted octanol–water partition coefficient (Wildman–Crippen LogP) is 4.75. The van der Waals surface area contributed by atoms with Crippen molar-refractivity contribution < 1.29 is 23.8 Å². The van der Waals surface area contributed by atoms with Crippen molar-refractivity contribution in [3.8, 4) is 28.4 Å². The summed E-state index contributed by atoms with van der Waals surface area (Å²) in [5, 5.41) is 2.85. The number of ether oxygens (including phenoxy) is 3. The van der Waals surface area contributed by atoms with Gasteiger partial charge in [0.1, 0.15) is 34.6 Å². The van der Waals surface area contributed by atoms with E-state index in [4.69, 9.17) is 14.2 Å². The molecule has 0 fully saturated rings. The van der Waals surface area contributed by atoms with Crippen molar-refractivity contribution in [2.45, 2.75) is 32.8 Å². The van der Waals surface area contributed by atoms with Gasteiger partial charge in [0.15, 0.2) is 6.29 Å². The van der Waals surface area contributed by atoms with E-state index in [9.17, 15) is 9.59 Å². The molecule has 1 aliphatic heterocycles. The standard InChI is InChI=1S/C26H28N4O5/c1-16(2)35-23-13-24(27-14-22(23)18-10-20(33-3)12-21(11-18)34-4)29-26(32)30-9-5-6-17-7-8-19(15-31)28-25(17)30/h7-8,10-16H,5-6,9H2,1-4H3,(H,27,29,32). The van der Waals surface area contributed by atoms with E-state index >= 15 is 0 Å². The third kappa shape index (κ3) is 5.34. The van der Waals surface area contributed by atoms with Crippen molar-refractivity contribution in [1.82, 2.24) is 9.97 Å². The van der Waals surface area contributed by atoms with E-state index in [-0.39, 0.29) is 17.8 Å². The molecule has 9 nitrogen and oxygen atoms in total. The lowest BCUT2D eigenvalue weighted by molar-refractivity contribution is 0.111. The SMILES string of the molecule is COc1cc(OC)cc(-c2cnc(NC(=O)N3CCCc4ccc(C=O)nc43)cc2OC(C)C)c1. The lowest BCUT2D eigenvalue weighted by atomic mass is 10.1. The summed E-state index contributed by atoms with van der Waals surface area (Å²) in [4.78, 5) is 34.7. The zero-order chi connectivity index (χ0) is 24.9. The molecule has 182 valence electrons. The Labute approximate surface area is 204 Å². The number of methoxy groups -OCH3 is 2. The summed E-state index contributed by atoms with van der Waals surface area (Å²) in [5.41, 5.74) is 2.75. The number of aromatic nitrogens is 2. The van der Waals surface area contributed by atoms with Gasteiger partial charge in [0.05, 0.1) is 20.3 Å². The monoisotopic (exact) mass is 476 g/mol. The highest BCUT2D eigenvalue weighted by Crippen LogP contribution is 2.36. The number of carbonyl (C=O) groups is 2. The second-order valence-electron chi connectivity index (χ2n) is 8.36. The maximum absolute atomic E-state index is 13.2. The Balaban J connectivity index is 1.65. The van der Waals surface area contributed by atoms with Gasteiger partial charge in [-0.3, -0.25) is 15.0 Å². The van der Waals surface area contributed by atoms with Crippen molar-refractivity contribution >= 4 is 24.0 Å². The summed E-state index contributed by atoms with van der Waals surface area (Å²) in [6.07, 6.45) is 3.82. The minimum absolute atomic E-state index is 0.105. The number of carbonyl (C=O) groups excluding carboxylic acids is 2. The molecule has 1 aliphatic rings. The summed E-state index contributed by atoms with van der Waals surface area (Å²) < 4.78 is 16.9. The number of nitrogens with zero attached hydrogens (tertiary/aromatic N) is 3. The quantitative estimate of drug-likeness (QED) is 0.491. The molecule has 0 spiro atoms. The Kier molecular flexibility index (Phi) is 7.14. The topological polar surface area (TPSA) is 103 Å². The molecule has 9 heteroatoms. The van der Waals surface area contributed by atoms with E-state index in [2.05, 4.69) is 15.3 Å². The highest BCUT2D eigenvalue weighted by molar-refractivity contribution is 6.01. The Morgan fingerprint density at radius 3 is 2.51 bits per heavy atom. The van der Waals surface area contributed by atoms with Gasteiger partial charge in [-0.25, -0.2) is 14.8 Å².